The maximum Gasteiger partial charge on any atom is 0.256 e. The van der Waals surface area contributed by atoms with Gasteiger partial charge in [-0.2, -0.15) is 5.10 Å². The molecule has 2 amide bonds. The van der Waals surface area contributed by atoms with Gasteiger partial charge in [-0.1, -0.05) is 11.6 Å². The monoisotopic (exact) mass is 461 g/mol. The molecule has 2 N–H and O–H groups in total. The summed E-state index contributed by atoms with van der Waals surface area (Å²) in [5.41, 5.74) is 2.37. The molecule has 0 unspecified atom stereocenters. The highest BCUT2D eigenvalue weighted by atomic mass is 35.5. The number of anilines is 1. The van der Waals surface area contributed by atoms with Crippen LogP contribution in [0.25, 0.3) is 5.65 Å². The number of nitrogens with one attached hydrogen (secondary N) is 2. The van der Waals surface area contributed by atoms with E-state index in [2.05, 4.69) is 20.7 Å². The van der Waals surface area contributed by atoms with Crippen molar-refractivity contribution in [3.05, 3.63) is 58.0 Å². The molecule has 1 saturated carbocycles. The summed E-state index contributed by atoms with van der Waals surface area (Å²) in [7, 11) is 0. The number of hydrogen-bond donors (Lipinski definition) is 2. The van der Waals surface area contributed by atoms with E-state index in [1.54, 1.807) is 4.52 Å². The third-order valence-electron chi connectivity index (χ3n) is 5.71. The molecule has 1 aromatic carbocycles. The second-order valence-electron chi connectivity index (χ2n) is 8.09. The molecule has 2 aromatic heterocycles. The molecule has 3 aromatic rings. The molecule has 32 heavy (non-hydrogen) atoms. The van der Waals surface area contributed by atoms with E-state index in [-0.39, 0.29) is 34.5 Å². The quantitative estimate of drug-likeness (QED) is 0.609. The number of carbonyl (C=O) groups excluding carboxylic acids is 2. The van der Waals surface area contributed by atoms with Gasteiger partial charge in [0, 0.05) is 29.4 Å². The molecular weight excluding hydrogens is 440 g/mol. The van der Waals surface area contributed by atoms with Crippen LogP contribution in [0.4, 0.5) is 14.5 Å². The largest absolute Gasteiger partial charge is 0.349 e. The second-order valence-corrected chi connectivity index (χ2v) is 8.50. The van der Waals surface area contributed by atoms with E-state index in [1.165, 1.54) is 6.20 Å². The fourth-order valence-electron chi connectivity index (χ4n) is 4.08. The van der Waals surface area contributed by atoms with Gasteiger partial charge in [0.1, 0.15) is 11.4 Å². The van der Waals surface area contributed by atoms with Crippen LogP contribution in [0, 0.1) is 31.4 Å². The number of carbonyl (C=O) groups is 2. The second kappa shape index (κ2) is 8.82. The lowest BCUT2D eigenvalue weighted by Crippen LogP contribution is -2.39. The van der Waals surface area contributed by atoms with Crippen LogP contribution in [-0.4, -0.2) is 32.5 Å². The summed E-state index contributed by atoms with van der Waals surface area (Å²) in [5, 5.41) is 9.52. The molecule has 168 valence electrons. The first-order valence-corrected chi connectivity index (χ1v) is 10.7. The van der Waals surface area contributed by atoms with E-state index in [0.29, 0.717) is 43.0 Å². The number of rotatable bonds is 4. The first-order chi connectivity index (χ1) is 15.2. The predicted molar refractivity (Wildman–Crippen MR) is 116 cm³/mol. The van der Waals surface area contributed by atoms with E-state index >= 15 is 0 Å². The maximum atomic E-state index is 13.9. The molecule has 10 heteroatoms. The Kier molecular flexibility index (Phi) is 6.10. The molecule has 0 radical (unpaired) electrons. The van der Waals surface area contributed by atoms with Gasteiger partial charge in [-0.25, -0.2) is 18.3 Å². The Morgan fingerprint density at radius 2 is 1.84 bits per heavy atom. The van der Waals surface area contributed by atoms with Crippen molar-refractivity contribution >= 4 is 34.7 Å². The lowest BCUT2D eigenvalue weighted by atomic mass is 9.85. The smallest absolute Gasteiger partial charge is 0.256 e. The van der Waals surface area contributed by atoms with E-state index in [1.807, 2.05) is 19.9 Å². The lowest BCUT2D eigenvalue weighted by Gasteiger charge is -2.28. The van der Waals surface area contributed by atoms with Gasteiger partial charge in [-0.15, -0.1) is 0 Å². The summed E-state index contributed by atoms with van der Waals surface area (Å²) in [6.07, 6.45) is 3.72. The van der Waals surface area contributed by atoms with Gasteiger partial charge in [0.15, 0.2) is 11.5 Å². The van der Waals surface area contributed by atoms with Gasteiger partial charge in [0.05, 0.1) is 16.9 Å². The van der Waals surface area contributed by atoms with Gasteiger partial charge >= 0.3 is 0 Å². The molecule has 2 heterocycles. The van der Waals surface area contributed by atoms with Crippen molar-refractivity contribution in [1.82, 2.24) is 19.9 Å². The van der Waals surface area contributed by atoms with Crippen molar-refractivity contribution in [2.24, 2.45) is 5.92 Å². The number of halogens is 3. The third-order valence-corrected chi connectivity index (χ3v) is 6.01. The topological polar surface area (TPSA) is 88.4 Å². The van der Waals surface area contributed by atoms with Crippen molar-refractivity contribution in [3.63, 3.8) is 0 Å². The van der Waals surface area contributed by atoms with E-state index < -0.39 is 11.6 Å². The Labute approximate surface area is 188 Å². The first-order valence-electron chi connectivity index (χ1n) is 10.3. The minimum Gasteiger partial charge on any atom is -0.349 e. The Balaban J connectivity index is 1.36. The predicted octanol–water partition coefficient (Wildman–Crippen LogP) is 4.21. The molecule has 0 spiro atoms. The minimum atomic E-state index is -0.920. The van der Waals surface area contributed by atoms with Gasteiger partial charge in [-0.3, -0.25) is 9.59 Å². The zero-order chi connectivity index (χ0) is 23.0. The number of aryl methyl sites for hydroxylation is 2. The summed E-state index contributed by atoms with van der Waals surface area (Å²) >= 11 is 5.85. The van der Waals surface area contributed by atoms with Crippen molar-refractivity contribution in [2.75, 3.05) is 5.32 Å². The molecule has 1 aliphatic carbocycles. The van der Waals surface area contributed by atoms with Crippen LogP contribution in [0.2, 0.25) is 5.02 Å². The summed E-state index contributed by atoms with van der Waals surface area (Å²) < 4.78 is 28.8. The van der Waals surface area contributed by atoms with Crippen molar-refractivity contribution in [1.29, 1.82) is 0 Å². The Morgan fingerprint density at radius 1 is 1.12 bits per heavy atom. The summed E-state index contributed by atoms with van der Waals surface area (Å²) in [5.74, 6) is -2.72. The average Bonchev–Trinajstić information content (AvgIpc) is 3.15. The molecular formula is C22H22ClF2N5O2. The Hall–Kier alpha value is -3.07. The van der Waals surface area contributed by atoms with Gasteiger partial charge in [-0.05, 0) is 51.7 Å². The number of benzene rings is 1. The van der Waals surface area contributed by atoms with Crippen molar-refractivity contribution in [2.45, 2.75) is 45.6 Å². The minimum absolute atomic E-state index is 0.0986. The van der Waals surface area contributed by atoms with Gasteiger partial charge in [0.25, 0.3) is 5.91 Å². The first kappa shape index (κ1) is 22.1. The molecule has 7 nitrogen and oxygen atoms in total. The fraction of sp³-hybridized carbons (Fsp3) is 0.364. The summed E-state index contributed by atoms with van der Waals surface area (Å²) in [4.78, 5) is 29.8. The summed E-state index contributed by atoms with van der Waals surface area (Å²) in [6, 6.07) is 3.41. The number of fused-ring (bicyclic) bond motifs is 1. The summed E-state index contributed by atoms with van der Waals surface area (Å²) in [6.45, 7) is 3.76. The van der Waals surface area contributed by atoms with Crippen LogP contribution >= 0.6 is 11.6 Å². The molecule has 4 rings (SSSR count). The normalized spacial score (nSPS) is 18.5. The third kappa shape index (κ3) is 4.43. The van der Waals surface area contributed by atoms with Crippen molar-refractivity contribution in [3.8, 4) is 0 Å². The number of aromatic nitrogens is 3. The van der Waals surface area contributed by atoms with Gasteiger partial charge < -0.3 is 10.6 Å². The number of hydrogen-bond acceptors (Lipinski definition) is 4. The highest BCUT2D eigenvalue weighted by Gasteiger charge is 2.29. The van der Waals surface area contributed by atoms with E-state index in [4.69, 9.17) is 11.6 Å². The average molecular weight is 462 g/mol. The van der Waals surface area contributed by atoms with Gasteiger partial charge in [0.2, 0.25) is 5.91 Å². The standard InChI is InChI=1S/C22H22ClF2N5O2/c1-11-7-12(2)30-20(27-11)16(10-26-30)22(32)28-15-5-3-13(4-6-15)21(31)29-19-17(23)8-14(24)9-18(19)25/h7-10,13,15H,3-6H2,1-2H3,(H,28,32)(H,29,31)/t13-,15-. The molecule has 1 fully saturated rings. The Morgan fingerprint density at radius 3 is 2.53 bits per heavy atom. The lowest BCUT2D eigenvalue weighted by molar-refractivity contribution is -0.120. The van der Waals surface area contributed by atoms with Crippen LogP contribution in [0.3, 0.4) is 0 Å². The highest BCUT2D eigenvalue weighted by Crippen LogP contribution is 2.30. The van der Waals surface area contributed by atoms with Crippen molar-refractivity contribution < 1.29 is 18.4 Å². The Bertz CT molecular complexity index is 1180. The molecule has 0 aliphatic heterocycles. The van der Waals surface area contributed by atoms with Crippen LogP contribution in [0.5, 0.6) is 0 Å². The maximum absolute atomic E-state index is 13.9. The molecule has 0 bridgehead atoms. The van der Waals surface area contributed by atoms with Crippen LogP contribution < -0.4 is 10.6 Å². The molecule has 0 saturated heterocycles. The van der Waals surface area contributed by atoms with Crippen LogP contribution in [0.1, 0.15) is 47.4 Å². The van der Waals surface area contributed by atoms with Crippen LogP contribution in [-0.2, 0) is 4.79 Å². The van der Waals surface area contributed by atoms with E-state index in [0.717, 1.165) is 17.5 Å². The number of amides is 2. The molecule has 1 aliphatic rings. The highest BCUT2D eigenvalue weighted by molar-refractivity contribution is 6.33. The zero-order valence-electron chi connectivity index (χ0n) is 17.6. The SMILES string of the molecule is Cc1cc(C)n2ncc(C(=O)N[C@H]3CC[C@H](C(=O)Nc4c(F)cc(F)cc4Cl)CC3)c2n1. The van der Waals surface area contributed by atoms with E-state index in [9.17, 15) is 18.4 Å². The fourth-order valence-corrected chi connectivity index (χ4v) is 4.32. The van der Waals surface area contributed by atoms with Crippen LogP contribution in [0.15, 0.2) is 24.4 Å². The zero-order valence-corrected chi connectivity index (χ0v) is 18.3. The number of nitrogens with zero attached hydrogens (tertiary/aromatic N) is 3. The molecule has 0 atom stereocenters.